The van der Waals surface area contributed by atoms with E-state index in [-0.39, 0.29) is 0 Å². The average Bonchev–Trinajstić information content (AvgIpc) is 1.44. The quantitative estimate of drug-likeness (QED) is 0.446. The molecule has 3 nitrogen and oxygen atoms in total. The molecule has 0 aromatic rings. The molecule has 0 aliphatic heterocycles. The Labute approximate surface area is 83.9 Å². The van der Waals surface area contributed by atoms with Gasteiger partial charge in [-0.15, -0.1) is 0 Å². The minimum absolute atomic E-state index is 0.542. The van der Waals surface area contributed by atoms with E-state index in [1.54, 1.807) is 0 Å². The van der Waals surface area contributed by atoms with E-state index in [4.69, 9.17) is 0 Å². The van der Waals surface area contributed by atoms with Gasteiger partial charge in [0, 0.05) is 0 Å². The van der Waals surface area contributed by atoms with Gasteiger partial charge in [0.15, 0.2) is 0 Å². The smallest absolute Gasteiger partial charge is 0.232 e. The van der Waals surface area contributed by atoms with E-state index in [0.29, 0.717) is 6.29 Å². The highest BCUT2D eigenvalue weighted by molar-refractivity contribution is 4.25. The van der Waals surface area contributed by atoms with Gasteiger partial charge in [0.1, 0.15) is 0 Å². The Kier molecular flexibility index (Phi) is 3.20. The summed E-state index contributed by atoms with van der Waals surface area (Å²) in [6.45, 7) is 0. The van der Waals surface area contributed by atoms with Crippen LogP contribution in [0.25, 0.3) is 0 Å². The van der Waals surface area contributed by atoms with Crippen molar-refractivity contribution in [3.8, 4) is 0 Å². The molecule has 0 aromatic carbocycles. The highest BCUT2D eigenvalue weighted by Crippen LogP contribution is 2.19. The van der Waals surface area contributed by atoms with Gasteiger partial charge >= 0.3 is 6.29 Å². The highest BCUT2D eigenvalue weighted by Gasteiger charge is 2.46. The van der Waals surface area contributed by atoms with E-state index in [0.717, 1.165) is 13.4 Å². The molecular weight excluding hydrogens is 162 g/mol. The molecule has 0 N–H and O–H groups in total. The van der Waals surface area contributed by atoms with Crippen LogP contribution in [0.1, 0.15) is 0 Å². The third-order valence-electron chi connectivity index (χ3n) is 2.08. The monoisotopic (exact) mass is 190 g/mol. The number of quaternary nitrogens is 3. The molecule has 0 heterocycles. The van der Waals surface area contributed by atoms with E-state index in [9.17, 15) is 0 Å². The molecule has 13 heavy (non-hydrogen) atoms. The molecule has 80 valence electrons. The largest absolute Gasteiger partial charge is 0.341 e. The van der Waals surface area contributed by atoms with Gasteiger partial charge in [0.2, 0.25) is 0 Å². The van der Waals surface area contributed by atoms with Gasteiger partial charge in [0.25, 0.3) is 0 Å². The zero-order valence-electron chi connectivity index (χ0n) is 10.9. The summed E-state index contributed by atoms with van der Waals surface area (Å²) in [5.41, 5.74) is 0. The number of nitrogens with zero attached hydrogens (tertiary/aromatic N) is 3. The standard InChI is InChI=1S/C10H28N3/c1-11(2,3)10(12(4,5)6)13(7,8)9/h10H,1-9H3/q+3. The van der Waals surface area contributed by atoms with Crippen LogP contribution in [0.3, 0.4) is 0 Å². The topological polar surface area (TPSA) is 0 Å². The molecule has 0 bridgehead atoms. The van der Waals surface area contributed by atoms with Crippen molar-refractivity contribution in [2.24, 2.45) is 0 Å². The van der Waals surface area contributed by atoms with Crippen LogP contribution in [0.15, 0.2) is 0 Å². The van der Waals surface area contributed by atoms with Crippen LogP contribution in [-0.2, 0) is 0 Å². The first-order valence-corrected chi connectivity index (χ1v) is 4.80. The third kappa shape index (κ3) is 3.63. The Balaban J connectivity index is 5.02. The first kappa shape index (κ1) is 12.9. The molecule has 0 radical (unpaired) electrons. The van der Waals surface area contributed by atoms with E-state index < -0.39 is 0 Å². The highest BCUT2D eigenvalue weighted by atomic mass is 15.7. The molecule has 0 fully saturated rings. The van der Waals surface area contributed by atoms with Crippen LogP contribution in [0.5, 0.6) is 0 Å². The van der Waals surface area contributed by atoms with Crippen molar-refractivity contribution in [2.75, 3.05) is 63.4 Å². The lowest BCUT2D eigenvalue weighted by atomic mass is 10.4. The normalized spacial score (nSPS) is 15.2. The van der Waals surface area contributed by atoms with Gasteiger partial charge in [-0.05, 0) is 0 Å². The number of rotatable bonds is 3. The lowest BCUT2D eigenvalue weighted by Gasteiger charge is -2.47. The summed E-state index contributed by atoms with van der Waals surface area (Å²) in [5, 5.41) is 0. The summed E-state index contributed by atoms with van der Waals surface area (Å²) >= 11 is 0. The summed E-state index contributed by atoms with van der Waals surface area (Å²) in [4.78, 5) is 0. The molecule has 0 unspecified atom stereocenters. The minimum Gasteiger partial charge on any atom is -0.232 e. The van der Waals surface area contributed by atoms with Gasteiger partial charge in [-0.2, -0.15) is 0 Å². The van der Waals surface area contributed by atoms with Crippen molar-refractivity contribution in [2.45, 2.75) is 6.29 Å². The van der Waals surface area contributed by atoms with E-state index in [2.05, 4.69) is 63.4 Å². The number of hydrogen-bond acceptors (Lipinski definition) is 0. The Morgan fingerprint density at radius 3 is 0.615 bits per heavy atom. The van der Waals surface area contributed by atoms with Crippen LogP contribution in [0.2, 0.25) is 0 Å². The van der Waals surface area contributed by atoms with Crippen LogP contribution in [-0.4, -0.2) is 83.2 Å². The van der Waals surface area contributed by atoms with Gasteiger partial charge in [-0.1, -0.05) is 0 Å². The van der Waals surface area contributed by atoms with Gasteiger partial charge in [-0.3, -0.25) is 0 Å². The molecule has 0 saturated heterocycles. The van der Waals surface area contributed by atoms with E-state index in [1.807, 2.05) is 0 Å². The first-order valence-electron chi connectivity index (χ1n) is 4.80. The summed E-state index contributed by atoms with van der Waals surface area (Å²) in [7, 11) is 20.4. The predicted molar refractivity (Wildman–Crippen MR) is 57.9 cm³/mol. The van der Waals surface area contributed by atoms with Crippen LogP contribution in [0.4, 0.5) is 0 Å². The minimum atomic E-state index is 0.542. The molecule has 0 aliphatic rings. The molecule has 0 spiro atoms. The summed E-state index contributed by atoms with van der Waals surface area (Å²) in [5.74, 6) is 0. The maximum atomic E-state index is 2.26. The van der Waals surface area contributed by atoms with Crippen molar-refractivity contribution in [3.63, 3.8) is 0 Å². The SMILES string of the molecule is C[N+](C)(C)C([N+](C)(C)C)[N+](C)(C)C. The summed E-state index contributed by atoms with van der Waals surface area (Å²) in [6.07, 6.45) is 0.542. The zero-order chi connectivity index (χ0) is 11.1. The summed E-state index contributed by atoms with van der Waals surface area (Å²) < 4.78 is 2.94. The van der Waals surface area contributed by atoms with Crippen molar-refractivity contribution in [1.29, 1.82) is 0 Å². The lowest BCUT2D eigenvalue weighted by Crippen LogP contribution is -2.72. The molecule has 0 saturated carbocycles. The van der Waals surface area contributed by atoms with E-state index in [1.165, 1.54) is 0 Å². The second-order valence-electron chi connectivity index (χ2n) is 6.70. The number of hydrogen-bond donors (Lipinski definition) is 0. The van der Waals surface area contributed by atoms with Crippen LogP contribution in [0, 0.1) is 0 Å². The van der Waals surface area contributed by atoms with Gasteiger partial charge in [0.05, 0.1) is 63.4 Å². The third-order valence-corrected chi connectivity index (χ3v) is 2.08. The first-order chi connectivity index (χ1) is 5.37. The molecular formula is C10H28N3+3. The van der Waals surface area contributed by atoms with Gasteiger partial charge in [-0.25, -0.2) is 13.4 Å². The Morgan fingerprint density at radius 2 is 0.615 bits per heavy atom. The fourth-order valence-corrected chi connectivity index (χ4v) is 3.12. The Morgan fingerprint density at radius 1 is 0.462 bits per heavy atom. The molecule has 0 aromatic heterocycles. The summed E-state index contributed by atoms with van der Waals surface area (Å²) in [6, 6.07) is 0. The fraction of sp³-hybridized carbons (Fsp3) is 1.00. The van der Waals surface area contributed by atoms with Crippen molar-refractivity contribution < 1.29 is 13.4 Å². The molecule has 0 atom stereocenters. The predicted octanol–water partition coefficient (Wildman–Crippen LogP) is 0.389. The van der Waals surface area contributed by atoms with Crippen molar-refractivity contribution in [1.82, 2.24) is 0 Å². The van der Waals surface area contributed by atoms with Crippen LogP contribution >= 0.6 is 0 Å². The maximum absolute atomic E-state index is 2.26. The van der Waals surface area contributed by atoms with Crippen molar-refractivity contribution in [3.05, 3.63) is 0 Å². The molecule has 0 rings (SSSR count). The fourth-order valence-electron chi connectivity index (χ4n) is 3.12. The lowest BCUT2D eigenvalue weighted by molar-refractivity contribution is -1.24. The Hall–Kier alpha value is -0.120. The maximum Gasteiger partial charge on any atom is 0.341 e. The second kappa shape index (κ2) is 3.23. The molecule has 3 heteroatoms. The zero-order valence-corrected chi connectivity index (χ0v) is 10.9. The van der Waals surface area contributed by atoms with Crippen molar-refractivity contribution >= 4 is 0 Å². The Bertz CT molecular complexity index is 133. The van der Waals surface area contributed by atoms with Gasteiger partial charge < -0.3 is 0 Å². The molecule has 0 aliphatic carbocycles. The molecule has 0 amide bonds. The average molecular weight is 190 g/mol. The second-order valence-corrected chi connectivity index (χ2v) is 6.70. The van der Waals surface area contributed by atoms with Crippen LogP contribution < -0.4 is 0 Å². The van der Waals surface area contributed by atoms with E-state index >= 15 is 0 Å².